The van der Waals surface area contributed by atoms with Gasteiger partial charge in [0.2, 0.25) is 0 Å². The molecule has 2 aromatic carbocycles. The molecule has 1 aliphatic heterocycles. The number of carbonyl (C=O) groups is 1. The van der Waals surface area contributed by atoms with Crippen LogP contribution in [-0.2, 0) is 11.2 Å². The topological polar surface area (TPSA) is 101 Å². The predicted octanol–water partition coefficient (Wildman–Crippen LogP) is 3.76. The normalized spacial score (nSPS) is 13.3. The number of hydrogen-bond acceptors (Lipinski definition) is 6. The maximum atomic E-state index is 12.3. The quantitative estimate of drug-likeness (QED) is 0.383. The highest BCUT2D eigenvalue weighted by atomic mass is 16.6. The van der Waals surface area contributed by atoms with Crippen molar-refractivity contribution in [1.82, 2.24) is 5.43 Å². The number of anilines is 1. The molecule has 8 nitrogen and oxygen atoms in total. The van der Waals surface area contributed by atoms with Crippen molar-refractivity contribution in [2.75, 3.05) is 18.0 Å². The van der Waals surface area contributed by atoms with Crippen molar-refractivity contribution >= 4 is 23.5 Å². The predicted molar refractivity (Wildman–Crippen MR) is 114 cm³/mol. The Morgan fingerprint density at radius 2 is 2.07 bits per heavy atom. The lowest BCUT2D eigenvalue weighted by molar-refractivity contribution is -0.384. The summed E-state index contributed by atoms with van der Waals surface area (Å²) in [7, 11) is 0. The third-order valence-corrected chi connectivity index (χ3v) is 4.89. The molecule has 0 atom stereocenters. The van der Waals surface area contributed by atoms with Gasteiger partial charge >= 0.3 is 0 Å². The molecule has 30 heavy (non-hydrogen) atoms. The zero-order chi connectivity index (χ0) is 20.9. The Morgan fingerprint density at radius 3 is 2.93 bits per heavy atom. The summed E-state index contributed by atoms with van der Waals surface area (Å²) >= 11 is 0. The minimum Gasteiger partial charge on any atom is -0.455 e. The van der Waals surface area contributed by atoms with Crippen molar-refractivity contribution in [3.8, 4) is 11.3 Å². The minimum absolute atomic E-state index is 0.00864. The number of amides is 1. The van der Waals surface area contributed by atoms with E-state index in [1.54, 1.807) is 24.3 Å². The summed E-state index contributed by atoms with van der Waals surface area (Å²) in [4.78, 5) is 24.8. The summed E-state index contributed by atoms with van der Waals surface area (Å²) in [6.45, 7) is 1.06. The van der Waals surface area contributed by atoms with E-state index < -0.39 is 4.92 Å². The molecule has 0 bridgehead atoms. The van der Waals surface area contributed by atoms with Crippen LogP contribution in [0.2, 0.25) is 0 Å². The Kier molecular flexibility index (Phi) is 5.56. The first kappa shape index (κ1) is 19.4. The molecule has 0 radical (unpaired) electrons. The van der Waals surface area contributed by atoms with E-state index in [0.29, 0.717) is 17.1 Å². The molecular formula is C22H20N4O4. The van der Waals surface area contributed by atoms with Crippen LogP contribution in [0.25, 0.3) is 11.3 Å². The van der Waals surface area contributed by atoms with E-state index in [0.717, 1.165) is 25.1 Å². The number of furan rings is 1. The minimum atomic E-state index is -0.453. The van der Waals surface area contributed by atoms with Crippen LogP contribution >= 0.6 is 0 Å². The lowest BCUT2D eigenvalue weighted by atomic mass is 10.0. The van der Waals surface area contributed by atoms with E-state index >= 15 is 0 Å². The standard InChI is InChI=1S/C22H20N4O4/c27-22(15-25-12-4-7-16-5-1-2-9-20(16)25)24-23-14-19-10-11-21(30-19)17-6-3-8-18(13-17)26(28)29/h1-3,5-6,8-11,13-14H,4,7,12,15H2,(H,24,27)/b23-14-. The van der Waals surface area contributed by atoms with Crippen LogP contribution in [0.3, 0.4) is 0 Å². The van der Waals surface area contributed by atoms with Gasteiger partial charge in [0.1, 0.15) is 11.5 Å². The Balaban J connectivity index is 1.36. The number of carbonyl (C=O) groups excluding carboxylic acids is 1. The fourth-order valence-electron chi connectivity index (χ4n) is 3.50. The molecule has 1 aliphatic rings. The number of nitrogens with one attached hydrogen (secondary N) is 1. The molecule has 0 aliphatic carbocycles. The largest absolute Gasteiger partial charge is 0.455 e. The lowest BCUT2D eigenvalue weighted by Gasteiger charge is -2.30. The SMILES string of the molecule is O=C(CN1CCCc2ccccc21)N/N=C\c1ccc(-c2cccc([N+](=O)[O-])c2)o1. The molecule has 2 heterocycles. The number of aryl methyl sites for hydroxylation is 1. The van der Waals surface area contributed by atoms with Gasteiger partial charge in [-0.15, -0.1) is 0 Å². The zero-order valence-corrected chi connectivity index (χ0v) is 16.2. The first-order chi connectivity index (χ1) is 14.6. The molecule has 152 valence electrons. The van der Waals surface area contributed by atoms with Gasteiger partial charge in [-0.1, -0.05) is 30.3 Å². The van der Waals surface area contributed by atoms with Gasteiger partial charge in [0.25, 0.3) is 11.6 Å². The summed E-state index contributed by atoms with van der Waals surface area (Å²) < 4.78 is 5.65. The van der Waals surface area contributed by atoms with Crippen LogP contribution in [0.5, 0.6) is 0 Å². The van der Waals surface area contributed by atoms with Gasteiger partial charge in [0.15, 0.2) is 0 Å². The highest BCUT2D eigenvalue weighted by molar-refractivity contribution is 5.84. The average Bonchev–Trinajstić information content (AvgIpc) is 3.23. The van der Waals surface area contributed by atoms with Crippen molar-refractivity contribution in [3.63, 3.8) is 0 Å². The van der Waals surface area contributed by atoms with Crippen molar-refractivity contribution in [2.24, 2.45) is 5.10 Å². The average molecular weight is 404 g/mol. The maximum Gasteiger partial charge on any atom is 0.270 e. The maximum absolute atomic E-state index is 12.3. The second-order valence-electron chi connectivity index (χ2n) is 6.96. The third-order valence-electron chi connectivity index (χ3n) is 4.89. The lowest BCUT2D eigenvalue weighted by Crippen LogP contribution is -2.38. The van der Waals surface area contributed by atoms with Crippen LogP contribution in [0.1, 0.15) is 17.7 Å². The van der Waals surface area contributed by atoms with Gasteiger partial charge in [0, 0.05) is 29.9 Å². The van der Waals surface area contributed by atoms with Gasteiger partial charge in [-0.25, -0.2) is 5.43 Å². The number of fused-ring (bicyclic) bond motifs is 1. The van der Waals surface area contributed by atoms with E-state index in [1.807, 2.05) is 18.2 Å². The second kappa shape index (κ2) is 8.60. The number of hydrazone groups is 1. The molecule has 8 heteroatoms. The molecule has 4 rings (SSSR count). The van der Waals surface area contributed by atoms with Crippen molar-refractivity contribution in [2.45, 2.75) is 12.8 Å². The fourth-order valence-corrected chi connectivity index (χ4v) is 3.50. The Hall–Kier alpha value is -3.94. The number of nitro groups is 1. The summed E-state index contributed by atoms with van der Waals surface area (Å²) in [6, 6.07) is 17.7. The first-order valence-electron chi connectivity index (χ1n) is 9.59. The van der Waals surface area contributed by atoms with Crippen LogP contribution < -0.4 is 10.3 Å². The Labute approximate surface area is 173 Å². The van der Waals surface area contributed by atoms with Crippen LogP contribution in [0, 0.1) is 10.1 Å². The summed E-state index contributed by atoms with van der Waals surface area (Å²) in [5.41, 5.74) is 5.45. The smallest absolute Gasteiger partial charge is 0.270 e. The molecule has 0 saturated heterocycles. The van der Waals surface area contributed by atoms with Crippen molar-refractivity contribution < 1.29 is 14.1 Å². The number of nitrogens with zero attached hydrogens (tertiary/aromatic N) is 3. The molecule has 1 N–H and O–H groups in total. The monoisotopic (exact) mass is 404 g/mol. The molecule has 0 spiro atoms. The van der Waals surface area contributed by atoms with Crippen LogP contribution in [-0.4, -0.2) is 30.1 Å². The first-order valence-corrected chi connectivity index (χ1v) is 9.59. The number of nitro benzene ring substituents is 1. The summed E-state index contributed by atoms with van der Waals surface area (Å²) in [5.74, 6) is 0.699. The summed E-state index contributed by atoms with van der Waals surface area (Å²) in [6.07, 6.45) is 3.45. The molecule has 1 aromatic heterocycles. The van der Waals surface area contributed by atoms with Crippen LogP contribution in [0.15, 0.2) is 70.2 Å². The number of non-ortho nitro benzene ring substituents is 1. The molecule has 0 unspecified atom stereocenters. The highest BCUT2D eigenvalue weighted by Crippen LogP contribution is 2.26. The van der Waals surface area contributed by atoms with Gasteiger partial charge in [-0.3, -0.25) is 14.9 Å². The van der Waals surface area contributed by atoms with Gasteiger partial charge < -0.3 is 9.32 Å². The Morgan fingerprint density at radius 1 is 1.20 bits per heavy atom. The molecule has 0 fully saturated rings. The molecule has 1 amide bonds. The third kappa shape index (κ3) is 4.38. The Bertz CT molecular complexity index is 1110. The molecular weight excluding hydrogens is 384 g/mol. The van der Waals surface area contributed by atoms with Crippen molar-refractivity contribution in [1.29, 1.82) is 0 Å². The molecule has 0 saturated carbocycles. The number of benzene rings is 2. The number of rotatable bonds is 6. The van der Waals surface area contributed by atoms with Crippen LogP contribution in [0.4, 0.5) is 11.4 Å². The fraction of sp³-hybridized carbons (Fsp3) is 0.182. The number of hydrogen-bond donors (Lipinski definition) is 1. The van der Waals surface area contributed by atoms with E-state index in [1.165, 1.54) is 23.9 Å². The zero-order valence-electron chi connectivity index (χ0n) is 16.2. The number of para-hydroxylation sites is 1. The molecule has 3 aromatic rings. The highest BCUT2D eigenvalue weighted by Gasteiger charge is 2.18. The van der Waals surface area contributed by atoms with E-state index in [9.17, 15) is 14.9 Å². The van der Waals surface area contributed by atoms with Gasteiger partial charge in [-0.05, 0) is 36.6 Å². The second-order valence-corrected chi connectivity index (χ2v) is 6.96. The van der Waals surface area contributed by atoms with Gasteiger partial charge in [0.05, 0.1) is 17.7 Å². The van der Waals surface area contributed by atoms with Gasteiger partial charge in [-0.2, -0.15) is 5.10 Å². The van der Waals surface area contributed by atoms with E-state index in [-0.39, 0.29) is 18.1 Å². The van der Waals surface area contributed by atoms with E-state index in [4.69, 9.17) is 4.42 Å². The summed E-state index contributed by atoms with van der Waals surface area (Å²) in [5, 5.41) is 14.9. The van der Waals surface area contributed by atoms with Crippen molar-refractivity contribution in [3.05, 3.63) is 82.1 Å². The van der Waals surface area contributed by atoms with E-state index in [2.05, 4.69) is 21.5 Å².